The summed E-state index contributed by atoms with van der Waals surface area (Å²) < 4.78 is 5.52. The second kappa shape index (κ2) is 7.99. The number of anilines is 1. The third kappa shape index (κ3) is 4.27. The van der Waals surface area contributed by atoms with Gasteiger partial charge in [-0.25, -0.2) is 14.8 Å². The summed E-state index contributed by atoms with van der Waals surface area (Å²) in [7, 11) is 0. The number of fused-ring (bicyclic) bond motifs is 1. The number of nitrogens with zero attached hydrogens (tertiary/aromatic N) is 3. The molecular formula is C23H26N6O3. The van der Waals surface area contributed by atoms with E-state index in [1.165, 1.54) is 0 Å². The number of hydrogen-bond donors (Lipinski definition) is 3. The largest absolute Gasteiger partial charge is 0.444 e. The van der Waals surface area contributed by atoms with Gasteiger partial charge in [0.15, 0.2) is 0 Å². The van der Waals surface area contributed by atoms with Crippen molar-refractivity contribution in [3.05, 3.63) is 53.2 Å². The number of nitrogens with one attached hydrogen (secondary N) is 1. The van der Waals surface area contributed by atoms with E-state index in [2.05, 4.69) is 15.0 Å². The van der Waals surface area contributed by atoms with Crippen LogP contribution in [-0.2, 0) is 17.7 Å². The zero-order valence-electron chi connectivity index (χ0n) is 18.3. The van der Waals surface area contributed by atoms with Crippen molar-refractivity contribution in [2.45, 2.75) is 39.3 Å². The first kappa shape index (κ1) is 21.4. The zero-order valence-corrected chi connectivity index (χ0v) is 18.3. The minimum absolute atomic E-state index is 0.138. The Morgan fingerprint density at radius 1 is 1.22 bits per heavy atom. The Morgan fingerprint density at radius 2 is 2.00 bits per heavy atom. The quantitative estimate of drug-likeness (QED) is 0.578. The first-order valence-electron chi connectivity index (χ1n) is 10.3. The van der Waals surface area contributed by atoms with Gasteiger partial charge in [0.2, 0.25) is 5.95 Å². The summed E-state index contributed by atoms with van der Waals surface area (Å²) in [5.74, 6) is -0.410. The van der Waals surface area contributed by atoms with E-state index < -0.39 is 11.5 Å². The highest BCUT2D eigenvalue weighted by Crippen LogP contribution is 2.34. The van der Waals surface area contributed by atoms with Crippen molar-refractivity contribution in [3.63, 3.8) is 0 Å². The van der Waals surface area contributed by atoms with E-state index in [1.807, 2.05) is 39.0 Å². The molecule has 32 heavy (non-hydrogen) atoms. The molecule has 3 aromatic rings. The number of hydrogen-bond acceptors (Lipinski definition) is 6. The van der Waals surface area contributed by atoms with Crippen LogP contribution in [-0.4, -0.2) is 44.0 Å². The van der Waals surface area contributed by atoms with Crippen LogP contribution in [0, 0.1) is 0 Å². The molecule has 166 valence electrons. The Kier molecular flexibility index (Phi) is 5.33. The van der Waals surface area contributed by atoms with Crippen molar-refractivity contribution in [2.24, 2.45) is 5.73 Å². The average molecular weight is 435 g/mol. The molecule has 0 fully saturated rings. The standard InChI is InChI=1S/C23H26N6O3/c1-23(2,3)32-22(31)29-10-8-14-13(12-29)5-4-6-15(14)19-16(20(24)30)11-18(27-19)17-7-9-26-21(25)28-17/h4-7,9,11,27H,8,10,12H2,1-3H3,(H2,24,30)(H2,25,26,28). The SMILES string of the molecule is CC(C)(C)OC(=O)N1CCc2c(cccc2-c2[nH]c(-c3ccnc(N)n3)cc2C(N)=O)C1. The minimum atomic E-state index is -0.555. The highest BCUT2D eigenvalue weighted by atomic mass is 16.6. The van der Waals surface area contributed by atoms with Crippen LogP contribution < -0.4 is 11.5 Å². The van der Waals surface area contributed by atoms with Crippen LogP contribution in [0.2, 0.25) is 0 Å². The number of aromatic amines is 1. The fourth-order valence-electron chi connectivity index (χ4n) is 3.85. The summed E-state index contributed by atoms with van der Waals surface area (Å²) in [6, 6.07) is 9.21. The predicted molar refractivity (Wildman–Crippen MR) is 121 cm³/mol. The molecule has 0 saturated carbocycles. The molecule has 1 aromatic carbocycles. The van der Waals surface area contributed by atoms with Crippen molar-refractivity contribution in [1.82, 2.24) is 19.9 Å². The second-order valence-electron chi connectivity index (χ2n) is 8.73. The molecule has 9 nitrogen and oxygen atoms in total. The summed E-state index contributed by atoms with van der Waals surface area (Å²) in [6.07, 6.45) is 1.84. The highest BCUT2D eigenvalue weighted by molar-refractivity contribution is 6.01. The van der Waals surface area contributed by atoms with Gasteiger partial charge < -0.3 is 26.1 Å². The first-order chi connectivity index (χ1) is 15.1. The molecule has 0 saturated heterocycles. The van der Waals surface area contributed by atoms with Crippen LogP contribution in [0.25, 0.3) is 22.6 Å². The van der Waals surface area contributed by atoms with Gasteiger partial charge in [-0.3, -0.25) is 4.79 Å². The number of ether oxygens (including phenoxy) is 1. The third-order valence-corrected chi connectivity index (χ3v) is 5.22. The van der Waals surface area contributed by atoms with E-state index in [-0.39, 0.29) is 12.0 Å². The van der Waals surface area contributed by atoms with E-state index in [0.717, 1.165) is 16.7 Å². The van der Waals surface area contributed by atoms with Crippen molar-refractivity contribution in [3.8, 4) is 22.6 Å². The zero-order chi connectivity index (χ0) is 23.0. The van der Waals surface area contributed by atoms with Gasteiger partial charge in [0.1, 0.15) is 5.60 Å². The third-order valence-electron chi connectivity index (χ3n) is 5.22. The fraction of sp³-hybridized carbons (Fsp3) is 0.304. The van der Waals surface area contributed by atoms with Gasteiger partial charge in [-0.05, 0) is 50.5 Å². The van der Waals surface area contributed by atoms with Gasteiger partial charge in [0.25, 0.3) is 5.91 Å². The number of carbonyl (C=O) groups excluding carboxylic acids is 2. The predicted octanol–water partition coefficient (Wildman–Crippen LogP) is 3.11. The second-order valence-corrected chi connectivity index (χ2v) is 8.73. The Hall–Kier alpha value is -3.88. The highest BCUT2D eigenvalue weighted by Gasteiger charge is 2.28. The van der Waals surface area contributed by atoms with Crippen molar-refractivity contribution in [1.29, 1.82) is 0 Å². The molecule has 0 radical (unpaired) electrons. The lowest BCUT2D eigenvalue weighted by Crippen LogP contribution is -2.40. The molecule has 0 bridgehead atoms. The van der Waals surface area contributed by atoms with Gasteiger partial charge in [0.05, 0.1) is 22.6 Å². The normalized spacial score (nSPS) is 13.5. The summed E-state index contributed by atoms with van der Waals surface area (Å²) in [4.78, 5) is 37.9. The number of benzene rings is 1. The molecule has 0 unspecified atom stereocenters. The lowest BCUT2D eigenvalue weighted by Gasteiger charge is -2.32. The van der Waals surface area contributed by atoms with Gasteiger partial charge in [-0.2, -0.15) is 0 Å². The Balaban J connectivity index is 1.71. The number of amides is 2. The molecule has 0 spiro atoms. The van der Waals surface area contributed by atoms with Crippen LogP contribution >= 0.6 is 0 Å². The molecule has 4 rings (SSSR count). The maximum atomic E-state index is 12.5. The Labute approximate surface area is 185 Å². The van der Waals surface area contributed by atoms with Gasteiger partial charge in [0, 0.05) is 24.8 Å². The molecule has 2 aromatic heterocycles. The summed E-state index contributed by atoms with van der Waals surface area (Å²) in [6.45, 7) is 6.49. The lowest BCUT2D eigenvalue weighted by atomic mass is 9.92. The maximum absolute atomic E-state index is 12.5. The van der Waals surface area contributed by atoms with Crippen molar-refractivity contribution >= 4 is 17.9 Å². The molecule has 0 atom stereocenters. The molecular weight excluding hydrogens is 408 g/mol. The van der Waals surface area contributed by atoms with Gasteiger partial charge in [-0.1, -0.05) is 18.2 Å². The van der Waals surface area contributed by atoms with E-state index in [0.29, 0.717) is 42.2 Å². The van der Waals surface area contributed by atoms with E-state index in [9.17, 15) is 9.59 Å². The van der Waals surface area contributed by atoms with E-state index >= 15 is 0 Å². The monoisotopic (exact) mass is 434 g/mol. The number of aromatic nitrogens is 3. The van der Waals surface area contributed by atoms with Crippen molar-refractivity contribution in [2.75, 3.05) is 12.3 Å². The molecule has 9 heteroatoms. The van der Waals surface area contributed by atoms with Crippen LogP contribution in [0.5, 0.6) is 0 Å². The summed E-state index contributed by atoms with van der Waals surface area (Å²) >= 11 is 0. The number of nitrogens with two attached hydrogens (primary N) is 2. The number of primary amides is 1. The van der Waals surface area contributed by atoms with Gasteiger partial charge >= 0.3 is 6.09 Å². The summed E-state index contributed by atoms with van der Waals surface area (Å²) in [5.41, 5.74) is 15.9. The molecule has 3 heterocycles. The van der Waals surface area contributed by atoms with Crippen molar-refractivity contribution < 1.29 is 14.3 Å². The van der Waals surface area contributed by atoms with Crippen LogP contribution in [0.1, 0.15) is 42.3 Å². The first-order valence-corrected chi connectivity index (χ1v) is 10.3. The molecule has 2 amide bonds. The minimum Gasteiger partial charge on any atom is -0.444 e. The smallest absolute Gasteiger partial charge is 0.410 e. The van der Waals surface area contributed by atoms with Crippen LogP contribution in [0.4, 0.5) is 10.7 Å². The lowest BCUT2D eigenvalue weighted by molar-refractivity contribution is 0.0224. The Bertz CT molecular complexity index is 1190. The Morgan fingerprint density at radius 3 is 2.69 bits per heavy atom. The van der Waals surface area contributed by atoms with Crippen LogP contribution in [0.3, 0.4) is 0 Å². The van der Waals surface area contributed by atoms with Crippen LogP contribution in [0.15, 0.2) is 36.5 Å². The number of nitrogen functional groups attached to an aromatic ring is 1. The molecule has 1 aliphatic heterocycles. The van der Waals surface area contributed by atoms with E-state index in [1.54, 1.807) is 23.2 Å². The summed E-state index contributed by atoms with van der Waals surface area (Å²) in [5, 5.41) is 0. The fourth-order valence-corrected chi connectivity index (χ4v) is 3.85. The number of H-pyrrole nitrogens is 1. The molecule has 5 N–H and O–H groups in total. The maximum Gasteiger partial charge on any atom is 0.410 e. The molecule has 1 aliphatic rings. The molecule has 0 aliphatic carbocycles. The topological polar surface area (TPSA) is 140 Å². The van der Waals surface area contributed by atoms with Gasteiger partial charge in [-0.15, -0.1) is 0 Å². The average Bonchev–Trinajstić information content (AvgIpc) is 3.17. The number of rotatable bonds is 3. The number of carbonyl (C=O) groups is 2. The van der Waals surface area contributed by atoms with E-state index in [4.69, 9.17) is 16.2 Å².